The number of carbonyl (C=O) groups excluding carboxylic acids is 2. The molecule has 4 amide bonds. The number of para-hydroxylation sites is 1. The highest BCUT2D eigenvalue weighted by molar-refractivity contribution is 5.99. The number of nitrogens with one attached hydrogen (secondary N) is 4. The Morgan fingerprint density at radius 3 is 2.27 bits per heavy atom. The number of hydrogen-bond donors (Lipinski definition) is 4. The van der Waals surface area contributed by atoms with Gasteiger partial charge in [-0.05, 0) is 45.7 Å². The van der Waals surface area contributed by atoms with E-state index in [1.807, 2.05) is 46.8 Å². The quantitative estimate of drug-likeness (QED) is 0.672. The molecule has 0 aliphatic carbocycles. The summed E-state index contributed by atoms with van der Waals surface area (Å²) < 4.78 is 0. The van der Waals surface area contributed by atoms with Crippen LogP contribution in [0.2, 0.25) is 0 Å². The number of rotatable bonds is 5. The van der Waals surface area contributed by atoms with Crippen LogP contribution in [0.3, 0.4) is 0 Å². The lowest BCUT2D eigenvalue weighted by Gasteiger charge is -2.18. The standard InChI is InChI=1S/C16H26N4O2/c1-6-12(5)18-16(22)20-14-11(4)8-7-9-13(14)19-15(21)17-10(2)3/h7-10,12H,6H2,1-5H3,(H2,17,19,21)(H2,18,20,22)/t12-/m0/s1. The monoisotopic (exact) mass is 306 g/mol. The first kappa shape index (κ1) is 17.8. The van der Waals surface area contributed by atoms with Gasteiger partial charge in [-0.3, -0.25) is 0 Å². The SMILES string of the molecule is CC[C@H](C)NC(=O)Nc1c(C)cccc1NC(=O)NC(C)C. The van der Waals surface area contributed by atoms with E-state index in [2.05, 4.69) is 21.3 Å². The van der Waals surface area contributed by atoms with E-state index in [9.17, 15) is 9.59 Å². The molecule has 1 atom stereocenters. The molecular formula is C16H26N4O2. The number of carbonyl (C=O) groups is 2. The zero-order valence-electron chi connectivity index (χ0n) is 13.9. The third-order valence-electron chi connectivity index (χ3n) is 3.17. The van der Waals surface area contributed by atoms with Crippen molar-refractivity contribution in [2.45, 2.75) is 53.1 Å². The van der Waals surface area contributed by atoms with Gasteiger partial charge in [0.15, 0.2) is 0 Å². The van der Waals surface area contributed by atoms with E-state index in [1.54, 1.807) is 6.07 Å². The maximum Gasteiger partial charge on any atom is 0.319 e. The van der Waals surface area contributed by atoms with E-state index in [-0.39, 0.29) is 24.1 Å². The van der Waals surface area contributed by atoms with E-state index < -0.39 is 0 Å². The molecule has 22 heavy (non-hydrogen) atoms. The van der Waals surface area contributed by atoms with Crippen LogP contribution < -0.4 is 21.3 Å². The van der Waals surface area contributed by atoms with Crippen molar-refractivity contribution in [1.82, 2.24) is 10.6 Å². The minimum Gasteiger partial charge on any atom is -0.336 e. The van der Waals surface area contributed by atoms with Gasteiger partial charge in [0.25, 0.3) is 0 Å². The van der Waals surface area contributed by atoms with Crippen LogP contribution in [0.15, 0.2) is 18.2 Å². The lowest BCUT2D eigenvalue weighted by atomic mass is 10.1. The maximum atomic E-state index is 12.0. The van der Waals surface area contributed by atoms with Gasteiger partial charge in [-0.2, -0.15) is 0 Å². The van der Waals surface area contributed by atoms with Crippen molar-refractivity contribution < 1.29 is 9.59 Å². The number of hydrogen-bond acceptors (Lipinski definition) is 2. The predicted molar refractivity (Wildman–Crippen MR) is 90.4 cm³/mol. The topological polar surface area (TPSA) is 82.3 Å². The molecule has 6 heteroatoms. The summed E-state index contributed by atoms with van der Waals surface area (Å²) in [6, 6.07) is 5.01. The largest absolute Gasteiger partial charge is 0.336 e. The van der Waals surface area contributed by atoms with Crippen molar-refractivity contribution in [3.63, 3.8) is 0 Å². The van der Waals surface area contributed by atoms with Gasteiger partial charge < -0.3 is 21.3 Å². The molecule has 0 aliphatic rings. The van der Waals surface area contributed by atoms with Crippen LogP contribution in [0.4, 0.5) is 21.0 Å². The van der Waals surface area contributed by atoms with Gasteiger partial charge in [0.1, 0.15) is 0 Å². The van der Waals surface area contributed by atoms with E-state index in [1.165, 1.54) is 0 Å². The average Bonchev–Trinajstić information content (AvgIpc) is 2.41. The fourth-order valence-electron chi connectivity index (χ4n) is 1.83. The Balaban J connectivity index is 2.85. The first-order valence-electron chi connectivity index (χ1n) is 7.58. The van der Waals surface area contributed by atoms with E-state index in [0.717, 1.165) is 12.0 Å². The van der Waals surface area contributed by atoms with Gasteiger partial charge in [0.05, 0.1) is 11.4 Å². The van der Waals surface area contributed by atoms with Crippen molar-refractivity contribution in [2.24, 2.45) is 0 Å². The normalized spacial score (nSPS) is 11.7. The molecule has 0 saturated carbocycles. The summed E-state index contributed by atoms with van der Waals surface area (Å²) in [6.45, 7) is 9.59. The number of anilines is 2. The van der Waals surface area contributed by atoms with Gasteiger partial charge in [0, 0.05) is 12.1 Å². The molecule has 0 aromatic heterocycles. The van der Waals surface area contributed by atoms with Gasteiger partial charge in [-0.1, -0.05) is 19.1 Å². The summed E-state index contributed by atoms with van der Waals surface area (Å²) >= 11 is 0. The molecule has 4 N–H and O–H groups in total. The molecule has 6 nitrogen and oxygen atoms in total. The smallest absolute Gasteiger partial charge is 0.319 e. The molecule has 122 valence electrons. The molecule has 0 unspecified atom stereocenters. The van der Waals surface area contributed by atoms with Crippen molar-refractivity contribution in [1.29, 1.82) is 0 Å². The Bertz CT molecular complexity index is 529. The second-order valence-corrected chi connectivity index (χ2v) is 5.66. The number of amides is 4. The zero-order valence-corrected chi connectivity index (χ0v) is 13.9. The molecule has 1 rings (SSSR count). The summed E-state index contributed by atoms with van der Waals surface area (Å²) in [6.07, 6.45) is 0.850. The summed E-state index contributed by atoms with van der Waals surface area (Å²) in [4.78, 5) is 23.8. The van der Waals surface area contributed by atoms with E-state index in [4.69, 9.17) is 0 Å². The predicted octanol–water partition coefficient (Wildman–Crippen LogP) is 3.44. The summed E-state index contributed by atoms with van der Waals surface area (Å²) in [7, 11) is 0. The van der Waals surface area contributed by atoms with Gasteiger partial charge >= 0.3 is 12.1 Å². The molecule has 0 radical (unpaired) electrons. The Labute approximate surface area is 132 Å². The molecular weight excluding hydrogens is 280 g/mol. The van der Waals surface area contributed by atoms with Crippen molar-refractivity contribution >= 4 is 23.4 Å². The third kappa shape index (κ3) is 5.63. The first-order chi connectivity index (χ1) is 10.3. The maximum absolute atomic E-state index is 12.0. The van der Waals surface area contributed by atoms with Crippen LogP contribution in [0.25, 0.3) is 0 Å². The van der Waals surface area contributed by atoms with Crippen molar-refractivity contribution in [3.8, 4) is 0 Å². The van der Waals surface area contributed by atoms with Crippen molar-refractivity contribution in [2.75, 3.05) is 10.6 Å². The number of urea groups is 2. The highest BCUT2D eigenvalue weighted by Crippen LogP contribution is 2.25. The van der Waals surface area contributed by atoms with E-state index in [0.29, 0.717) is 11.4 Å². The molecule has 0 aliphatic heterocycles. The fourth-order valence-corrected chi connectivity index (χ4v) is 1.83. The number of aryl methyl sites for hydroxylation is 1. The van der Waals surface area contributed by atoms with Gasteiger partial charge in [0.2, 0.25) is 0 Å². The minimum atomic E-state index is -0.300. The number of benzene rings is 1. The Hall–Kier alpha value is -2.24. The highest BCUT2D eigenvalue weighted by Gasteiger charge is 2.13. The lowest BCUT2D eigenvalue weighted by molar-refractivity contribution is 0.248. The summed E-state index contributed by atoms with van der Waals surface area (Å²) in [5, 5.41) is 11.2. The molecule has 0 fully saturated rings. The van der Waals surface area contributed by atoms with Crippen LogP contribution in [0, 0.1) is 6.92 Å². The molecule has 0 heterocycles. The van der Waals surface area contributed by atoms with Gasteiger partial charge in [-0.25, -0.2) is 9.59 Å². The minimum absolute atomic E-state index is 0.0370. The highest BCUT2D eigenvalue weighted by atomic mass is 16.2. The van der Waals surface area contributed by atoms with Gasteiger partial charge in [-0.15, -0.1) is 0 Å². The molecule has 1 aromatic carbocycles. The van der Waals surface area contributed by atoms with Crippen LogP contribution in [-0.4, -0.2) is 24.1 Å². The zero-order chi connectivity index (χ0) is 16.7. The lowest BCUT2D eigenvalue weighted by Crippen LogP contribution is -2.37. The van der Waals surface area contributed by atoms with E-state index >= 15 is 0 Å². The van der Waals surface area contributed by atoms with Crippen molar-refractivity contribution in [3.05, 3.63) is 23.8 Å². The molecule has 1 aromatic rings. The van der Waals surface area contributed by atoms with Crippen LogP contribution in [0.5, 0.6) is 0 Å². The summed E-state index contributed by atoms with van der Waals surface area (Å²) in [5.74, 6) is 0. The molecule has 0 saturated heterocycles. The molecule has 0 spiro atoms. The Morgan fingerprint density at radius 1 is 1.05 bits per heavy atom. The van der Waals surface area contributed by atoms with Crippen LogP contribution in [0.1, 0.15) is 39.7 Å². The second kappa shape index (κ2) is 8.26. The second-order valence-electron chi connectivity index (χ2n) is 5.66. The van der Waals surface area contributed by atoms with Crippen LogP contribution in [-0.2, 0) is 0 Å². The average molecular weight is 306 g/mol. The fraction of sp³-hybridized carbons (Fsp3) is 0.500. The molecule has 0 bridgehead atoms. The summed E-state index contributed by atoms with van der Waals surface area (Å²) in [5.41, 5.74) is 2.04. The first-order valence-corrected chi connectivity index (χ1v) is 7.58. The Morgan fingerprint density at radius 2 is 1.68 bits per heavy atom. The third-order valence-corrected chi connectivity index (χ3v) is 3.17. The van der Waals surface area contributed by atoms with Crippen LogP contribution >= 0.6 is 0 Å². The Kier molecular flexibility index (Phi) is 6.69.